The summed E-state index contributed by atoms with van der Waals surface area (Å²) < 4.78 is 5.65. The maximum Gasteiger partial charge on any atom is 0.157 e. The Bertz CT molecular complexity index is 612. The van der Waals surface area contributed by atoms with Crippen LogP contribution in [0.5, 0.6) is 0 Å². The summed E-state index contributed by atoms with van der Waals surface area (Å²) >= 11 is 0. The van der Waals surface area contributed by atoms with E-state index >= 15 is 0 Å². The van der Waals surface area contributed by atoms with Crippen LogP contribution in [0.4, 0.5) is 5.82 Å². The van der Waals surface area contributed by atoms with Gasteiger partial charge in [0.05, 0.1) is 0 Å². The van der Waals surface area contributed by atoms with E-state index < -0.39 is 0 Å². The molecule has 2 aromatic heterocycles. The number of anilines is 1. The largest absolute Gasteiger partial charge is 0.454 e. The minimum Gasteiger partial charge on any atom is -0.454 e. The first-order valence-corrected chi connectivity index (χ1v) is 4.90. The van der Waals surface area contributed by atoms with E-state index in [9.17, 15) is 0 Å². The van der Waals surface area contributed by atoms with Crippen LogP contribution in [0.1, 0.15) is 0 Å². The predicted octanol–water partition coefficient (Wildman–Crippen LogP) is 2.47. The van der Waals surface area contributed by atoms with Gasteiger partial charge < -0.3 is 10.2 Å². The van der Waals surface area contributed by atoms with Crippen molar-refractivity contribution in [3.05, 3.63) is 42.7 Å². The average Bonchev–Trinajstić information content (AvgIpc) is 2.73. The molecular weight excluding hydrogens is 202 g/mol. The van der Waals surface area contributed by atoms with Crippen LogP contribution in [0.15, 0.2) is 47.1 Å². The number of rotatable bonds is 1. The van der Waals surface area contributed by atoms with Crippen LogP contribution in [0.3, 0.4) is 0 Å². The van der Waals surface area contributed by atoms with Crippen molar-refractivity contribution in [2.75, 3.05) is 5.73 Å². The maximum absolute atomic E-state index is 5.74. The van der Waals surface area contributed by atoms with E-state index in [0.29, 0.717) is 17.3 Å². The molecule has 0 amide bonds. The van der Waals surface area contributed by atoms with E-state index in [1.165, 1.54) is 0 Å². The Morgan fingerprint density at radius 2 is 1.88 bits per heavy atom. The lowest BCUT2D eigenvalue weighted by atomic mass is 10.2. The fourth-order valence-electron chi connectivity index (χ4n) is 1.64. The molecule has 0 fully saturated rings. The molecule has 16 heavy (non-hydrogen) atoms. The predicted molar refractivity (Wildman–Crippen MR) is 61.7 cm³/mol. The smallest absolute Gasteiger partial charge is 0.157 e. The second-order valence-corrected chi connectivity index (χ2v) is 3.44. The molecule has 1 aromatic carbocycles. The lowest BCUT2D eigenvalue weighted by Gasteiger charge is -1.97. The molecule has 0 radical (unpaired) electrons. The van der Waals surface area contributed by atoms with Gasteiger partial charge in [0, 0.05) is 17.8 Å². The SMILES string of the molecule is Nc1nccnc1-c1cc2ccccc2o1. The molecule has 0 aliphatic carbocycles. The van der Waals surface area contributed by atoms with E-state index in [1.807, 2.05) is 30.3 Å². The van der Waals surface area contributed by atoms with Crippen LogP contribution in [-0.4, -0.2) is 9.97 Å². The van der Waals surface area contributed by atoms with E-state index in [1.54, 1.807) is 12.4 Å². The lowest BCUT2D eigenvalue weighted by Crippen LogP contribution is -1.94. The van der Waals surface area contributed by atoms with Crippen molar-refractivity contribution in [1.82, 2.24) is 9.97 Å². The third-order valence-electron chi connectivity index (χ3n) is 2.39. The van der Waals surface area contributed by atoms with E-state index in [-0.39, 0.29) is 0 Å². The van der Waals surface area contributed by atoms with Gasteiger partial charge in [-0.05, 0) is 12.1 Å². The monoisotopic (exact) mass is 211 g/mol. The standard InChI is InChI=1S/C12H9N3O/c13-12-11(14-5-6-15-12)10-7-8-3-1-2-4-9(8)16-10/h1-7H,(H2,13,15). The first-order valence-electron chi connectivity index (χ1n) is 4.90. The van der Waals surface area contributed by atoms with Crippen molar-refractivity contribution in [3.63, 3.8) is 0 Å². The topological polar surface area (TPSA) is 64.9 Å². The molecule has 0 aliphatic heterocycles. The van der Waals surface area contributed by atoms with Gasteiger partial charge in [0.1, 0.15) is 11.3 Å². The van der Waals surface area contributed by atoms with E-state index in [4.69, 9.17) is 10.2 Å². The summed E-state index contributed by atoms with van der Waals surface area (Å²) in [6, 6.07) is 9.69. The van der Waals surface area contributed by atoms with Crippen LogP contribution < -0.4 is 5.73 Å². The Morgan fingerprint density at radius 3 is 2.69 bits per heavy atom. The van der Waals surface area contributed by atoms with Crippen molar-refractivity contribution < 1.29 is 4.42 Å². The molecule has 3 rings (SSSR count). The van der Waals surface area contributed by atoms with Crippen LogP contribution >= 0.6 is 0 Å². The highest BCUT2D eigenvalue weighted by Gasteiger charge is 2.10. The van der Waals surface area contributed by atoms with Gasteiger partial charge >= 0.3 is 0 Å². The van der Waals surface area contributed by atoms with E-state index in [0.717, 1.165) is 11.0 Å². The second-order valence-electron chi connectivity index (χ2n) is 3.44. The van der Waals surface area contributed by atoms with Crippen molar-refractivity contribution >= 4 is 16.8 Å². The van der Waals surface area contributed by atoms with Crippen molar-refractivity contribution in [1.29, 1.82) is 0 Å². The zero-order chi connectivity index (χ0) is 11.0. The molecule has 0 bridgehead atoms. The molecule has 4 nitrogen and oxygen atoms in total. The Morgan fingerprint density at radius 1 is 1.06 bits per heavy atom. The third kappa shape index (κ3) is 1.32. The normalized spacial score (nSPS) is 10.8. The van der Waals surface area contributed by atoms with Crippen molar-refractivity contribution in [3.8, 4) is 11.5 Å². The minimum absolute atomic E-state index is 0.376. The van der Waals surface area contributed by atoms with Gasteiger partial charge in [-0.15, -0.1) is 0 Å². The van der Waals surface area contributed by atoms with Gasteiger partial charge in [0.15, 0.2) is 11.6 Å². The second kappa shape index (κ2) is 3.34. The van der Waals surface area contributed by atoms with Crippen molar-refractivity contribution in [2.45, 2.75) is 0 Å². The minimum atomic E-state index is 0.376. The van der Waals surface area contributed by atoms with Crippen molar-refractivity contribution in [2.24, 2.45) is 0 Å². The van der Waals surface area contributed by atoms with E-state index in [2.05, 4.69) is 9.97 Å². The molecule has 0 atom stereocenters. The zero-order valence-electron chi connectivity index (χ0n) is 8.42. The van der Waals surface area contributed by atoms with Gasteiger partial charge in [-0.1, -0.05) is 18.2 Å². The van der Waals surface area contributed by atoms with Crippen LogP contribution in [0.2, 0.25) is 0 Å². The Balaban J connectivity index is 2.23. The van der Waals surface area contributed by atoms with Gasteiger partial charge in [-0.2, -0.15) is 0 Å². The Kier molecular flexibility index (Phi) is 1.86. The number of hydrogen-bond donors (Lipinski definition) is 1. The summed E-state index contributed by atoms with van der Waals surface area (Å²) in [5, 5.41) is 1.03. The molecule has 0 unspecified atom stereocenters. The number of para-hydroxylation sites is 1. The molecule has 2 heterocycles. The molecule has 2 N–H and O–H groups in total. The average molecular weight is 211 g/mol. The number of nitrogens with two attached hydrogens (primary N) is 1. The summed E-state index contributed by atoms with van der Waals surface area (Å²) in [6.45, 7) is 0. The van der Waals surface area contributed by atoms with Gasteiger partial charge in [0.25, 0.3) is 0 Å². The number of fused-ring (bicyclic) bond motifs is 1. The van der Waals surface area contributed by atoms with Gasteiger partial charge in [0.2, 0.25) is 0 Å². The molecule has 0 saturated carbocycles. The molecule has 0 spiro atoms. The lowest BCUT2D eigenvalue weighted by molar-refractivity contribution is 0.628. The number of hydrogen-bond acceptors (Lipinski definition) is 4. The number of aromatic nitrogens is 2. The Hall–Kier alpha value is -2.36. The molecule has 0 aliphatic rings. The number of nitrogens with zero attached hydrogens (tertiary/aromatic N) is 2. The molecule has 4 heteroatoms. The quantitative estimate of drug-likeness (QED) is 0.671. The van der Waals surface area contributed by atoms with Gasteiger partial charge in [-0.25, -0.2) is 9.97 Å². The van der Waals surface area contributed by atoms with Crippen LogP contribution in [0.25, 0.3) is 22.4 Å². The summed E-state index contributed by atoms with van der Waals surface area (Å²) in [4.78, 5) is 8.14. The highest BCUT2D eigenvalue weighted by Crippen LogP contribution is 2.28. The maximum atomic E-state index is 5.74. The summed E-state index contributed by atoms with van der Waals surface area (Å²) in [7, 11) is 0. The molecule has 3 aromatic rings. The first kappa shape index (κ1) is 8.91. The van der Waals surface area contributed by atoms with Crippen LogP contribution in [0, 0.1) is 0 Å². The summed E-state index contributed by atoms with van der Waals surface area (Å²) in [5.41, 5.74) is 7.14. The zero-order valence-corrected chi connectivity index (χ0v) is 8.42. The number of furan rings is 1. The van der Waals surface area contributed by atoms with Gasteiger partial charge in [-0.3, -0.25) is 0 Å². The number of nitrogen functional groups attached to an aromatic ring is 1. The molecule has 78 valence electrons. The molecule has 0 saturated heterocycles. The third-order valence-corrected chi connectivity index (χ3v) is 2.39. The molecular formula is C12H9N3O. The summed E-state index contributed by atoms with van der Waals surface area (Å²) in [6.07, 6.45) is 3.15. The Labute approximate surface area is 91.7 Å². The fourth-order valence-corrected chi connectivity index (χ4v) is 1.64. The fraction of sp³-hybridized carbons (Fsp3) is 0. The number of benzene rings is 1. The summed E-state index contributed by atoms with van der Waals surface area (Å²) in [5.74, 6) is 1.02. The van der Waals surface area contributed by atoms with Crippen LogP contribution in [-0.2, 0) is 0 Å². The highest BCUT2D eigenvalue weighted by molar-refractivity contribution is 5.83. The first-order chi connectivity index (χ1) is 7.84. The highest BCUT2D eigenvalue weighted by atomic mass is 16.3.